The van der Waals surface area contributed by atoms with Crippen LogP contribution in [-0.2, 0) is 14.3 Å². The van der Waals surface area contributed by atoms with Gasteiger partial charge in [-0.3, -0.25) is 9.59 Å². The van der Waals surface area contributed by atoms with Crippen molar-refractivity contribution in [3.05, 3.63) is 48.0 Å². The SMILES string of the molecule is C=CCN(C(=O)C(NC(=O)OC(C)(C)C)C(C)C)C(C(=O)NCCCC)c1cccc(C)c1. The Morgan fingerprint density at radius 1 is 1.21 bits per heavy atom. The van der Waals surface area contributed by atoms with Crippen molar-refractivity contribution in [2.75, 3.05) is 13.1 Å². The van der Waals surface area contributed by atoms with Gasteiger partial charge >= 0.3 is 6.09 Å². The molecular formula is C26H41N3O4. The first kappa shape index (κ1) is 28.2. The number of hydrogen-bond acceptors (Lipinski definition) is 4. The van der Waals surface area contributed by atoms with Gasteiger partial charge < -0.3 is 20.3 Å². The molecule has 1 rings (SSSR count). The van der Waals surface area contributed by atoms with E-state index in [1.807, 2.05) is 52.0 Å². The van der Waals surface area contributed by atoms with Crippen LogP contribution in [0.2, 0.25) is 0 Å². The Balaban J connectivity index is 3.35. The largest absolute Gasteiger partial charge is 0.444 e. The van der Waals surface area contributed by atoms with Gasteiger partial charge in [-0.15, -0.1) is 6.58 Å². The van der Waals surface area contributed by atoms with Crippen LogP contribution in [0.25, 0.3) is 0 Å². The lowest BCUT2D eigenvalue weighted by Gasteiger charge is -2.35. The van der Waals surface area contributed by atoms with Gasteiger partial charge in [0.15, 0.2) is 0 Å². The van der Waals surface area contributed by atoms with Gasteiger partial charge in [0.05, 0.1) is 0 Å². The zero-order valence-electron chi connectivity index (χ0n) is 21.2. The van der Waals surface area contributed by atoms with E-state index < -0.39 is 23.8 Å². The minimum absolute atomic E-state index is 0.151. The van der Waals surface area contributed by atoms with Gasteiger partial charge in [0, 0.05) is 13.1 Å². The summed E-state index contributed by atoms with van der Waals surface area (Å²) >= 11 is 0. The highest BCUT2D eigenvalue weighted by Gasteiger charge is 2.36. The van der Waals surface area contributed by atoms with E-state index >= 15 is 0 Å². The van der Waals surface area contributed by atoms with Crippen molar-refractivity contribution in [3.63, 3.8) is 0 Å². The number of unbranched alkanes of at least 4 members (excludes halogenated alkanes) is 1. The van der Waals surface area contributed by atoms with Crippen molar-refractivity contribution >= 4 is 17.9 Å². The van der Waals surface area contributed by atoms with Crippen molar-refractivity contribution in [1.29, 1.82) is 0 Å². The molecule has 0 aromatic heterocycles. The second-order valence-corrected chi connectivity index (χ2v) is 9.61. The number of ether oxygens (including phenoxy) is 1. The number of carbonyl (C=O) groups excluding carboxylic acids is 3. The number of nitrogens with one attached hydrogen (secondary N) is 2. The van der Waals surface area contributed by atoms with Crippen LogP contribution in [0.15, 0.2) is 36.9 Å². The Morgan fingerprint density at radius 3 is 2.39 bits per heavy atom. The zero-order chi connectivity index (χ0) is 25.2. The summed E-state index contributed by atoms with van der Waals surface area (Å²) in [6.45, 7) is 17.4. The minimum atomic E-state index is -0.865. The average molecular weight is 460 g/mol. The fourth-order valence-corrected chi connectivity index (χ4v) is 3.39. The van der Waals surface area contributed by atoms with Crippen LogP contribution < -0.4 is 10.6 Å². The molecule has 3 amide bonds. The summed E-state index contributed by atoms with van der Waals surface area (Å²) in [7, 11) is 0. The third-order valence-electron chi connectivity index (χ3n) is 4.96. The van der Waals surface area contributed by atoms with Gasteiger partial charge in [-0.2, -0.15) is 0 Å². The highest BCUT2D eigenvalue weighted by molar-refractivity contribution is 5.92. The summed E-state index contributed by atoms with van der Waals surface area (Å²) in [4.78, 5) is 41.0. The van der Waals surface area contributed by atoms with E-state index in [4.69, 9.17) is 4.74 Å². The summed E-state index contributed by atoms with van der Waals surface area (Å²) in [5, 5.41) is 5.66. The monoisotopic (exact) mass is 459 g/mol. The molecule has 2 unspecified atom stereocenters. The lowest BCUT2D eigenvalue weighted by molar-refractivity contribution is -0.142. The smallest absolute Gasteiger partial charge is 0.408 e. The number of rotatable bonds is 11. The normalized spacial score (nSPS) is 13.1. The van der Waals surface area contributed by atoms with Gasteiger partial charge in [0.2, 0.25) is 11.8 Å². The summed E-state index contributed by atoms with van der Waals surface area (Å²) in [5.74, 6) is -0.851. The topological polar surface area (TPSA) is 87.7 Å². The summed E-state index contributed by atoms with van der Waals surface area (Å²) in [6, 6.07) is 5.83. The summed E-state index contributed by atoms with van der Waals surface area (Å²) < 4.78 is 5.36. The van der Waals surface area contributed by atoms with Crippen molar-refractivity contribution in [2.45, 2.75) is 79.0 Å². The molecule has 0 fully saturated rings. The van der Waals surface area contributed by atoms with Crippen LogP contribution in [0.4, 0.5) is 4.79 Å². The predicted molar refractivity (Wildman–Crippen MR) is 132 cm³/mol. The maximum atomic E-state index is 13.7. The zero-order valence-corrected chi connectivity index (χ0v) is 21.2. The Labute approximate surface area is 198 Å². The van der Waals surface area contributed by atoms with E-state index in [1.165, 1.54) is 4.90 Å². The van der Waals surface area contributed by atoms with Crippen LogP contribution >= 0.6 is 0 Å². The van der Waals surface area contributed by atoms with Crippen molar-refractivity contribution in [1.82, 2.24) is 15.5 Å². The number of alkyl carbamates (subject to hydrolysis) is 1. The van der Waals surface area contributed by atoms with Crippen LogP contribution in [0.1, 0.15) is 71.6 Å². The Bertz CT molecular complexity index is 814. The predicted octanol–water partition coefficient (Wildman–Crippen LogP) is 4.52. The number of carbonyl (C=O) groups is 3. The molecule has 0 radical (unpaired) electrons. The number of hydrogen-bond donors (Lipinski definition) is 2. The Hall–Kier alpha value is -2.83. The second-order valence-electron chi connectivity index (χ2n) is 9.61. The number of benzene rings is 1. The molecule has 0 heterocycles. The average Bonchev–Trinajstić information content (AvgIpc) is 2.70. The molecule has 2 atom stereocenters. The first-order valence-corrected chi connectivity index (χ1v) is 11.7. The molecule has 0 bridgehead atoms. The molecule has 0 aliphatic rings. The molecule has 7 heteroatoms. The van der Waals surface area contributed by atoms with Gasteiger partial charge in [-0.25, -0.2) is 4.79 Å². The van der Waals surface area contributed by atoms with E-state index in [-0.39, 0.29) is 24.3 Å². The van der Waals surface area contributed by atoms with Gasteiger partial charge in [-0.1, -0.05) is 63.1 Å². The minimum Gasteiger partial charge on any atom is -0.444 e. The fraction of sp³-hybridized carbons (Fsp3) is 0.577. The molecule has 2 N–H and O–H groups in total. The quantitative estimate of drug-likeness (QED) is 0.376. The molecule has 7 nitrogen and oxygen atoms in total. The number of amides is 3. The highest BCUT2D eigenvalue weighted by Crippen LogP contribution is 2.25. The third-order valence-corrected chi connectivity index (χ3v) is 4.96. The fourth-order valence-electron chi connectivity index (χ4n) is 3.39. The summed E-state index contributed by atoms with van der Waals surface area (Å²) in [5.41, 5.74) is 0.995. The van der Waals surface area contributed by atoms with Crippen molar-refractivity contribution in [3.8, 4) is 0 Å². The second kappa shape index (κ2) is 13.0. The molecule has 33 heavy (non-hydrogen) atoms. The first-order valence-electron chi connectivity index (χ1n) is 11.7. The van der Waals surface area contributed by atoms with E-state index in [0.29, 0.717) is 12.1 Å². The Morgan fingerprint density at radius 2 is 1.88 bits per heavy atom. The maximum Gasteiger partial charge on any atom is 0.408 e. The molecule has 0 saturated heterocycles. The molecular weight excluding hydrogens is 418 g/mol. The molecule has 184 valence electrons. The molecule has 1 aromatic carbocycles. The molecule has 0 spiro atoms. The van der Waals surface area contributed by atoms with E-state index in [2.05, 4.69) is 17.2 Å². The lowest BCUT2D eigenvalue weighted by atomic mass is 9.98. The van der Waals surface area contributed by atoms with Crippen LogP contribution in [0.3, 0.4) is 0 Å². The summed E-state index contributed by atoms with van der Waals surface area (Å²) in [6.07, 6.45) is 2.70. The van der Waals surface area contributed by atoms with Crippen molar-refractivity contribution < 1.29 is 19.1 Å². The van der Waals surface area contributed by atoms with Gasteiger partial charge in [-0.05, 0) is 45.6 Å². The van der Waals surface area contributed by atoms with E-state index in [1.54, 1.807) is 26.8 Å². The standard InChI is InChI=1S/C26H41N3O4/c1-9-11-15-27-23(30)22(20-14-12-13-19(5)17-20)29(16-10-2)24(31)21(18(3)4)28-25(32)33-26(6,7)8/h10,12-14,17-18,21-22H,2,9,11,15-16H2,1,3-8H3,(H,27,30)(H,28,32). The molecule has 0 saturated carbocycles. The van der Waals surface area contributed by atoms with E-state index in [9.17, 15) is 14.4 Å². The van der Waals surface area contributed by atoms with Crippen LogP contribution in [-0.4, -0.2) is 47.5 Å². The number of nitrogens with zero attached hydrogens (tertiary/aromatic N) is 1. The Kier molecular flexibility index (Phi) is 11.1. The van der Waals surface area contributed by atoms with Crippen molar-refractivity contribution in [2.24, 2.45) is 5.92 Å². The van der Waals surface area contributed by atoms with Crippen LogP contribution in [0.5, 0.6) is 0 Å². The molecule has 0 aliphatic heterocycles. The van der Waals surface area contributed by atoms with Crippen LogP contribution in [0, 0.1) is 12.8 Å². The molecule has 0 aliphatic carbocycles. The van der Waals surface area contributed by atoms with Gasteiger partial charge in [0.25, 0.3) is 0 Å². The first-order chi connectivity index (χ1) is 15.4. The van der Waals surface area contributed by atoms with Gasteiger partial charge in [0.1, 0.15) is 17.7 Å². The lowest BCUT2D eigenvalue weighted by Crippen LogP contribution is -2.55. The number of aryl methyl sites for hydroxylation is 1. The third kappa shape index (κ3) is 9.28. The maximum absolute atomic E-state index is 13.7. The van der Waals surface area contributed by atoms with E-state index in [0.717, 1.165) is 18.4 Å². The highest BCUT2D eigenvalue weighted by atomic mass is 16.6. The molecule has 1 aromatic rings.